The number of carbonyl (C=O) groups is 4. The van der Waals surface area contributed by atoms with E-state index < -0.39 is 12.1 Å². The molecule has 0 spiro atoms. The second-order valence-electron chi connectivity index (χ2n) is 9.86. The Morgan fingerprint density at radius 3 is 2.68 bits per heavy atom. The van der Waals surface area contributed by atoms with Crippen molar-refractivity contribution in [3.63, 3.8) is 0 Å². The number of fused-ring (bicyclic) bond motifs is 2. The number of carbonyl (C=O) groups excluding carboxylic acids is 4. The second-order valence-corrected chi connectivity index (χ2v) is 9.86. The number of methoxy groups -OCH3 is 1. The number of ether oxygens (including phenoxy) is 1. The van der Waals surface area contributed by atoms with E-state index in [-0.39, 0.29) is 54.6 Å². The third kappa shape index (κ3) is 4.12. The van der Waals surface area contributed by atoms with Gasteiger partial charge in [-0.3, -0.25) is 19.2 Å². The number of nitrogens with one attached hydrogen (secondary N) is 2. The van der Waals surface area contributed by atoms with Crippen molar-refractivity contribution in [3.8, 4) is 5.75 Å². The summed E-state index contributed by atoms with van der Waals surface area (Å²) in [6.45, 7) is 0.761. The maximum absolute atomic E-state index is 13.6. The van der Waals surface area contributed by atoms with Crippen LogP contribution in [0.1, 0.15) is 44.1 Å². The molecule has 1 aliphatic carbocycles. The van der Waals surface area contributed by atoms with Gasteiger partial charge in [-0.05, 0) is 31.7 Å². The van der Waals surface area contributed by atoms with E-state index in [9.17, 15) is 19.2 Å². The van der Waals surface area contributed by atoms with Gasteiger partial charge in [-0.15, -0.1) is 0 Å². The maximum Gasteiger partial charge on any atom is 0.248 e. The summed E-state index contributed by atoms with van der Waals surface area (Å²) in [6, 6.07) is 5.41. The standard InChI is InChI=1S/C25H32N4O5/c1-34-20-9-5-4-8-16(20)12-21(30)26-17-13-19-23(31)27-18-10-11-28(22(18)25(33)29(19)14-17)24(32)15-6-2-3-7-15/h4-5,8-9,15,17-19,22H,2-3,6-7,10-14H2,1H3,(H,26,30)(H,27,31). The molecule has 9 nitrogen and oxygen atoms in total. The Kier molecular flexibility index (Phi) is 6.18. The molecule has 4 atom stereocenters. The number of likely N-dealkylation sites (tertiary alicyclic amines) is 1. The van der Waals surface area contributed by atoms with Crippen molar-refractivity contribution in [2.75, 3.05) is 20.2 Å². The Balaban J connectivity index is 1.27. The number of nitrogens with zero attached hydrogens (tertiary/aromatic N) is 2. The van der Waals surface area contributed by atoms with Crippen LogP contribution in [0.3, 0.4) is 0 Å². The summed E-state index contributed by atoms with van der Waals surface area (Å²) in [4.78, 5) is 55.7. The number of amides is 4. The first-order chi connectivity index (χ1) is 16.5. The van der Waals surface area contributed by atoms with Crippen molar-refractivity contribution in [3.05, 3.63) is 29.8 Å². The molecule has 182 valence electrons. The Bertz CT molecular complexity index is 991. The van der Waals surface area contributed by atoms with E-state index in [0.29, 0.717) is 25.1 Å². The first-order valence-corrected chi connectivity index (χ1v) is 12.3. The lowest BCUT2D eigenvalue weighted by atomic mass is 10.0. The molecule has 3 heterocycles. The molecule has 1 saturated carbocycles. The van der Waals surface area contributed by atoms with Gasteiger partial charge in [0.15, 0.2) is 0 Å². The van der Waals surface area contributed by atoms with Crippen LogP contribution in [-0.4, -0.2) is 77.8 Å². The van der Waals surface area contributed by atoms with Gasteiger partial charge in [0.1, 0.15) is 17.8 Å². The predicted octanol–water partition coefficient (Wildman–Crippen LogP) is 0.613. The molecule has 9 heteroatoms. The summed E-state index contributed by atoms with van der Waals surface area (Å²) in [5.41, 5.74) is 0.777. The zero-order valence-electron chi connectivity index (χ0n) is 19.5. The minimum Gasteiger partial charge on any atom is -0.496 e. The van der Waals surface area contributed by atoms with Crippen LogP contribution < -0.4 is 15.4 Å². The summed E-state index contributed by atoms with van der Waals surface area (Å²) < 4.78 is 5.32. The van der Waals surface area contributed by atoms with E-state index in [1.165, 1.54) is 0 Å². The average Bonchev–Trinajstić information content (AvgIpc) is 3.57. The maximum atomic E-state index is 13.6. The van der Waals surface area contributed by atoms with E-state index in [1.54, 1.807) is 16.9 Å². The van der Waals surface area contributed by atoms with Crippen LogP contribution in [0.2, 0.25) is 0 Å². The molecule has 0 bridgehead atoms. The highest BCUT2D eigenvalue weighted by molar-refractivity contribution is 5.97. The Morgan fingerprint density at radius 2 is 1.91 bits per heavy atom. The lowest BCUT2D eigenvalue weighted by Gasteiger charge is -2.30. The summed E-state index contributed by atoms with van der Waals surface area (Å²) in [5, 5.41) is 6.01. The monoisotopic (exact) mass is 468 g/mol. The Morgan fingerprint density at radius 1 is 1.15 bits per heavy atom. The summed E-state index contributed by atoms with van der Waals surface area (Å²) in [7, 11) is 1.57. The number of hydrogen-bond acceptors (Lipinski definition) is 5. The van der Waals surface area contributed by atoms with Gasteiger partial charge in [0.05, 0.1) is 19.6 Å². The van der Waals surface area contributed by atoms with Crippen LogP contribution in [0.4, 0.5) is 0 Å². The van der Waals surface area contributed by atoms with Crippen LogP contribution in [0.5, 0.6) is 5.75 Å². The molecular weight excluding hydrogens is 436 g/mol. The molecule has 3 aliphatic heterocycles. The van der Waals surface area contributed by atoms with Gasteiger partial charge in [-0.25, -0.2) is 0 Å². The van der Waals surface area contributed by atoms with E-state index in [2.05, 4.69) is 10.6 Å². The third-order valence-corrected chi connectivity index (χ3v) is 7.76. The molecule has 5 rings (SSSR count). The SMILES string of the molecule is COc1ccccc1CC(=O)NC1CC2C(=O)NC3CCN(C(=O)C4CCCC4)C3C(=O)N2C1. The largest absolute Gasteiger partial charge is 0.496 e. The van der Waals surface area contributed by atoms with E-state index in [4.69, 9.17) is 4.74 Å². The van der Waals surface area contributed by atoms with Gasteiger partial charge in [-0.1, -0.05) is 31.0 Å². The molecule has 4 aliphatic rings. The number of para-hydroxylation sites is 1. The first-order valence-electron chi connectivity index (χ1n) is 12.3. The predicted molar refractivity (Wildman–Crippen MR) is 123 cm³/mol. The van der Waals surface area contributed by atoms with Gasteiger partial charge >= 0.3 is 0 Å². The fraction of sp³-hybridized carbons (Fsp3) is 0.600. The Labute approximate surface area is 199 Å². The van der Waals surface area contributed by atoms with Crippen LogP contribution in [0.25, 0.3) is 0 Å². The van der Waals surface area contributed by atoms with Crippen LogP contribution in [0.15, 0.2) is 24.3 Å². The molecule has 2 N–H and O–H groups in total. The smallest absolute Gasteiger partial charge is 0.248 e. The number of benzene rings is 1. The molecule has 4 amide bonds. The van der Waals surface area contributed by atoms with Gasteiger partial charge in [0.25, 0.3) is 0 Å². The third-order valence-electron chi connectivity index (χ3n) is 7.76. The normalized spacial score (nSPS) is 28.9. The van der Waals surface area contributed by atoms with Gasteiger partial charge in [-0.2, -0.15) is 0 Å². The molecule has 3 saturated heterocycles. The topological polar surface area (TPSA) is 108 Å². The van der Waals surface area contributed by atoms with Crippen molar-refractivity contribution < 1.29 is 23.9 Å². The first kappa shape index (κ1) is 22.7. The van der Waals surface area contributed by atoms with Gasteiger partial charge in [0, 0.05) is 30.6 Å². The summed E-state index contributed by atoms with van der Waals surface area (Å²) in [5.74, 6) is 0.119. The lowest BCUT2D eigenvalue weighted by molar-refractivity contribution is -0.146. The Hall–Kier alpha value is -3.10. The quantitative estimate of drug-likeness (QED) is 0.659. The fourth-order valence-electron chi connectivity index (χ4n) is 6.09. The number of rotatable bonds is 5. The number of hydrogen-bond donors (Lipinski definition) is 2. The molecule has 1 aromatic rings. The molecule has 0 radical (unpaired) electrons. The highest BCUT2D eigenvalue weighted by atomic mass is 16.5. The van der Waals surface area contributed by atoms with Crippen molar-refractivity contribution in [2.24, 2.45) is 5.92 Å². The minimum absolute atomic E-state index is 0.0121. The van der Waals surface area contributed by atoms with Crippen molar-refractivity contribution in [1.29, 1.82) is 0 Å². The molecule has 4 unspecified atom stereocenters. The molecule has 34 heavy (non-hydrogen) atoms. The van der Waals surface area contributed by atoms with E-state index >= 15 is 0 Å². The van der Waals surface area contributed by atoms with E-state index in [0.717, 1.165) is 31.2 Å². The van der Waals surface area contributed by atoms with Gasteiger partial charge in [0.2, 0.25) is 23.6 Å². The summed E-state index contributed by atoms with van der Waals surface area (Å²) >= 11 is 0. The molecule has 0 aromatic heterocycles. The molecular formula is C25H32N4O5. The van der Waals surface area contributed by atoms with Crippen molar-refractivity contribution in [1.82, 2.24) is 20.4 Å². The average molecular weight is 469 g/mol. The van der Waals surface area contributed by atoms with Gasteiger partial charge < -0.3 is 25.2 Å². The fourth-order valence-corrected chi connectivity index (χ4v) is 6.09. The van der Waals surface area contributed by atoms with Crippen LogP contribution in [0, 0.1) is 5.92 Å². The zero-order chi connectivity index (χ0) is 23.8. The summed E-state index contributed by atoms with van der Waals surface area (Å²) in [6.07, 6.45) is 4.96. The second kappa shape index (κ2) is 9.27. The molecule has 1 aromatic carbocycles. The van der Waals surface area contributed by atoms with E-state index in [1.807, 2.05) is 24.3 Å². The van der Waals surface area contributed by atoms with Crippen LogP contribution >= 0.6 is 0 Å². The minimum atomic E-state index is -0.648. The highest BCUT2D eigenvalue weighted by Gasteiger charge is 2.53. The van der Waals surface area contributed by atoms with Crippen molar-refractivity contribution in [2.45, 2.75) is 69.1 Å². The van der Waals surface area contributed by atoms with Crippen LogP contribution in [-0.2, 0) is 25.6 Å². The zero-order valence-corrected chi connectivity index (χ0v) is 19.5. The highest BCUT2D eigenvalue weighted by Crippen LogP contribution is 2.33. The van der Waals surface area contributed by atoms with Crippen molar-refractivity contribution >= 4 is 23.6 Å². The molecule has 4 fully saturated rings. The lowest BCUT2D eigenvalue weighted by Crippen LogP contribution is -2.53.